The lowest BCUT2D eigenvalue weighted by atomic mass is 10.2. The van der Waals surface area contributed by atoms with Gasteiger partial charge in [0.2, 0.25) is 0 Å². The third kappa shape index (κ3) is 4.21. The summed E-state index contributed by atoms with van der Waals surface area (Å²) in [6.45, 7) is 1.78. The Morgan fingerprint density at radius 1 is 1.59 bits per heavy atom. The van der Waals surface area contributed by atoms with Crippen molar-refractivity contribution < 1.29 is 13.9 Å². The molecule has 2 nitrogen and oxygen atoms in total. The van der Waals surface area contributed by atoms with Gasteiger partial charge in [-0.2, -0.15) is 11.8 Å². The van der Waals surface area contributed by atoms with Gasteiger partial charge in [0, 0.05) is 22.1 Å². The molecule has 1 unspecified atom stereocenters. The number of ether oxygens (including phenoxy) is 1. The molecule has 0 N–H and O–H groups in total. The second-order valence-corrected chi connectivity index (χ2v) is 5.08. The summed E-state index contributed by atoms with van der Waals surface area (Å²) in [5.41, 5.74) is 0.483. The molecule has 1 aromatic carbocycles. The minimum Gasteiger partial charge on any atom is -0.469 e. The van der Waals surface area contributed by atoms with Crippen LogP contribution < -0.4 is 0 Å². The zero-order valence-corrected chi connectivity index (χ0v) is 11.3. The number of esters is 1. The monoisotopic (exact) mass is 276 g/mol. The Labute approximate surface area is 109 Å². The fourth-order valence-corrected chi connectivity index (χ4v) is 2.69. The highest BCUT2D eigenvalue weighted by Crippen LogP contribution is 2.25. The predicted molar refractivity (Wildman–Crippen MR) is 68.8 cm³/mol. The van der Waals surface area contributed by atoms with Gasteiger partial charge in [-0.05, 0) is 12.1 Å². The second kappa shape index (κ2) is 6.87. The Morgan fingerprint density at radius 3 is 2.88 bits per heavy atom. The Hall–Kier alpha value is -0.740. The molecule has 0 radical (unpaired) electrons. The zero-order chi connectivity index (χ0) is 12.8. The number of benzene rings is 1. The van der Waals surface area contributed by atoms with Gasteiger partial charge in [0.1, 0.15) is 5.82 Å². The molecular formula is C12H14ClFO2S. The van der Waals surface area contributed by atoms with E-state index in [9.17, 15) is 9.18 Å². The minimum atomic E-state index is -0.310. The summed E-state index contributed by atoms with van der Waals surface area (Å²) in [6.07, 6.45) is 0. The van der Waals surface area contributed by atoms with Crippen LogP contribution in [0.5, 0.6) is 0 Å². The molecule has 1 rings (SSSR count). The van der Waals surface area contributed by atoms with Gasteiger partial charge in [-0.1, -0.05) is 24.6 Å². The van der Waals surface area contributed by atoms with Gasteiger partial charge in [-0.3, -0.25) is 4.79 Å². The first-order valence-electron chi connectivity index (χ1n) is 5.14. The van der Waals surface area contributed by atoms with Crippen molar-refractivity contribution in [1.82, 2.24) is 0 Å². The summed E-state index contributed by atoms with van der Waals surface area (Å²) < 4.78 is 18.0. The summed E-state index contributed by atoms with van der Waals surface area (Å²) in [5, 5.41) is 0.420. The normalized spacial score (nSPS) is 12.2. The molecule has 0 bridgehead atoms. The number of hydrogen-bond acceptors (Lipinski definition) is 3. The highest BCUT2D eigenvalue weighted by Gasteiger charge is 2.14. The number of carbonyl (C=O) groups excluding carboxylic acids is 1. The van der Waals surface area contributed by atoms with Crippen molar-refractivity contribution in [2.45, 2.75) is 12.7 Å². The van der Waals surface area contributed by atoms with E-state index in [4.69, 9.17) is 11.6 Å². The van der Waals surface area contributed by atoms with Crippen LogP contribution in [-0.4, -0.2) is 18.8 Å². The van der Waals surface area contributed by atoms with Crippen LogP contribution in [0.4, 0.5) is 4.39 Å². The summed E-state index contributed by atoms with van der Waals surface area (Å²) >= 11 is 7.35. The third-order valence-electron chi connectivity index (χ3n) is 2.28. The lowest BCUT2D eigenvalue weighted by molar-refractivity contribution is -0.143. The Bertz CT molecular complexity index is 378. The number of hydrogen-bond donors (Lipinski definition) is 0. The van der Waals surface area contributed by atoms with E-state index in [-0.39, 0.29) is 17.7 Å². The van der Waals surface area contributed by atoms with Crippen molar-refractivity contribution in [3.8, 4) is 0 Å². The topological polar surface area (TPSA) is 26.3 Å². The average Bonchev–Trinajstić information content (AvgIpc) is 2.31. The van der Waals surface area contributed by atoms with Gasteiger partial charge in [0.05, 0.1) is 13.0 Å². The molecule has 0 saturated carbocycles. The molecule has 17 heavy (non-hydrogen) atoms. The van der Waals surface area contributed by atoms with E-state index < -0.39 is 0 Å². The smallest absolute Gasteiger partial charge is 0.309 e. The zero-order valence-electron chi connectivity index (χ0n) is 9.70. The van der Waals surface area contributed by atoms with Crippen LogP contribution in [-0.2, 0) is 15.3 Å². The van der Waals surface area contributed by atoms with E-state index in [0.29, 0.717) is 22.1 Å². The number of halogens is 2. The van der Waals surface area contributed by atoms with Crippen LogP contribution in [0.1, 0.15) is 12.5 Å². The molecule has 0 aliphatic carbocycles. The van der Waals surface area contributed by atoms with Crippen LogP contribution in [0.15, 0.2) is 18.2 Å². The molecule has 5 heteroatoms. The molecule has 0 spiro atoms. The molecule has 1 aromatic rings. The van der Waals surface area contributed by atoms with E-state index in [1.807, 2.05) is 0 Å². The Morgan fingerprint density at radius 2 is 2.29 bits per heavy atom. The molecule has 0 aliphatic rings. The number of thioether (sulfide) groups is 1. The van der Waals surface area contributed by atoms with Gasteiger partial charge < -0.3 is 4.74 Å². The van der Waals surface area contributed by atoms with Gasteiger partial charge in [-0.15, -0.1) is 0 Å². The number of methoxy groups -OCH3 is 1. The summed E-state index contributed by atoms with van der Waals surface area (Å²) in [7, 11) is 1.36. The lowest BCUT2D eigenvalue weighted by Gasteiger charge is -2.09. The van der Waals surface area contributed by atoms with Gasteiger partial charge in [0.15, 0.2) is 0 Å². The van der Waals surface area contributed by atoms with Crippen LogP contribution in [0.25, 0.3) is 0 Å². The van der Waals surface area contributed by atoms with Crippen molar-refractivity contribution in [1.29, 1.82) is 0 Å². The maximum atomic E-state index is 13.4. The number of rotatable bonds is 5. The van der Waals surface area contributed by atoms with Gasteiger partial charge in [0.25, 0.3) is 0 Å². The molecule has 1 atom stereocenters. The first-order valence-corrected chi connectivity index (χ1v) is 6.68. The van der Waals surface area contributed by atoms with Crippen molar-refractivity contribution >= 4 is 29.3 Å². The average molecular weight is 277 g/mol. The van der Waals surface area contributed by atoms with Crippen molar-refractivity contribution in [3.63, 3.8) is 0 Å². The minimum absolute atomic E-state index is 0.199. The fourth-order valence-electron chi connectivity index (χ4n) is 1.28. The predicted octanol–water partition coefficient (Wildman–Crippen LogP) is 3.52. The van der Waals surface area contributed by atoms with Gasteiger partial charge in [-0.25, -0.2) is 4.39 Å². The fraction of sp³-hybridized carbons (Fsp3) is 0.417. The second-order valence-electron chi connectivity index (χ2n) is 3.64. The Balaban J connectivity index is 2.49. The van der Waals surface area contributed by atoms with E-state index in [0.717, 1.165) is 0 Å². The van der Waals surface area contributed by atoms with E-state index in [1.54, 1.807) is 19.1 Å². The Kier molecular flexibility index (Phi) is 5.78. The van der Waals surface area contributed by atoms with Crippen molar-refractivity contribution in [2.75, 3.05) is 12.9 Å². The largest absolute Gasteiger partial charge is 0.469 e. The maximum absolute atomic E-state index is 13.4. The highest BCUT2D eigenvalue weighted by molar-refractivity contribution is 7.98. The molecule has 94 valence electrons. The molecule has 0 aliphatic heterocycles. The molecule has 0 saturated heterocycles. The van der Waals surface area contributed by atoms with Crippen LogP contribution >= 0.6 is 23.4 Å². The molecule has 0 heterocycles. The van der Waals surface area contributed by atoms with E-state index >= 15 is 0 Å². The van der Waals surface area contributed by atoms with Crippen LogP contribution in [0.2, 0.25) is 5.02 Å². The first-order chi connectivity index (χ1) is 8.06. The van der Waals surface area contributed by atoms with Crippen LogP contribution in [0.3, 0.4) is 0 Å². The van der Waals surface area contributed by atoms with Crippen molar-refractivity contribution in [2.24, 2.45) is 5.92 Å². The SMILES string of the molecule is COC(=O)C(C)CSCc1c(F)cccc1Cl. The highest BCUT2D eigenvalue weighted by atomic mass is 35.5. The van der Waals surface area contributed by atoms with Crippen molar-refractivity contribution in [3.05, 3.63) is 34.6 Å². The lowest BCUT2D eigenvalue weighted by Crippen LogP contribution is -2.14. The molecule has 0 aromatic heterocycles. The summed E-state index contributed by atoms with van der Waals surface area (Å²) in [6, 6.07) is 4.61. The quantitative estimate of drug-likeness (QED) is 0.770. The summed E-state index contributed by atoms with van der Waals surface area (Å²) in [5.74, 6) is 0.271. The standard InChI is InChI=1S/C12H14ClFO2S/c1-8(12(15)16-2)6-17-7-9-10(13)4-3-5-11(9)14/h3-5,8H,6-7H2,1-2H3. The molecule has 0 amide bonds. The first kappa shape index (κ1) is 14.3. The van der Waals surface area contributed by atoms with E-state index in [2.05, 4.69) is 4.74 Å². The van der Waals surface area contributed by atoms with Crippen LogP contribution in [0, 0.1) is 11.7 Å². The third-order valence-corrected chi connectivity index (χ3v) is 3.86. The molecular weight excluding hydrogens is 263 g/mol. The van der Waals surface area contributed by atoms with E-state index in [1.165, 1.54) is 24.9 Å². The maximum Gasteiger partial charge on any atom is 0.309 e. The number of carbonyl (C=O) groups is 1. The van der Waals surface area contributed by atoms with Gasteiger partial charge >= 0.3 is 5.97 Å². The molecule has 0 fully saturated rings. The summed E-state index contributed by atoms with van der Waals surface area (Å²) in [4.78, 5) is 11.2.